The van der Waals surface area contributed by atoms with Crippen molar-refractivity contribution in [1.29, 1.82) is 0 Å². The number of aromatic nitrogens is 3. The van der Waals surface area contributed by atoms with Crippen LogP contribution in [0.25, 0.3) is 0 Å². The number of rotatable bonds is 2. The van der Waals surface area contributed by atoms with Crippen LogP contribution in [0, 0.1) is 12.3 Å². The molecule has 2 atom stereocenters. The fourth-order valence-electron chi connectivity index (χ4n) is 1.79. The van der Waals surface area contributed by atoms with Crippen molar-refractivity contribution < 1.29 is 14.2 Å². The van der Waals surface area contributed by atoms with Gasteiger partial charge in [-0.1, -0.05) is 0 Å². The molecule has 1 aromatic rings. The van der Waals surface area contributed by atoms with E-state index in [4.69, 9.17) is 16.3 Å². The highest BCUT2D eigenvalue weighted by Crippen LogP contribution is 2.40. The summed E-state index contributed by atoms with van der Waals surface area (Å²) in [4.78, 5) is 24.4. The first kappa shape index (κ1) is 12.5. The first-order valence-corrected chi connectivity index (χ1v) is 5.12. The molecular formula is C10H10FN3O4. The van der Waals surface area contributed by atoms with E-state index in [-0.39, 0.29) is 12.8 Å². The van der Waals surface area contributed by atoms with Gasteiger partial charge in [-0.3, -0.25) is 9.78 Å². The maximum atomic E-state index is 13.8. The molecule has 7 nitrogen and oxygen atoms in total. The molecule has 1 saturated heterocycles. The summed E-state index contributed by atoms with van der Waals surface area (Å²) in [5, 5.41) is 12.4. The van der Waals surface area contributed by atoms with Gasteiger partial charge in [0.15, 0.2) is 0 Å². The van der Waals surface area contributed by atoms with Crippen molar-refractivity contribution in [2.75, 3.05) is 6.61 Å². The molecule has 8 heteroatoms. The van der Waals surface area contributed by atoms with E-state index in [2.05, 4.69) is 11.0 Å². The van der Waals surface area contributed by atoms with E-state index in [0.29, 0.717) is 4.68 Å². The minimum atomic E-state index is -2.32. The number of aliphatic hydroxyl groups is 1. The number of aliphatic hydroxyl groups excluding tert-OH is 1. The third kappa shape index (κ3) is 1.83. The van der Waals surface area contributed by atoms with Crippen molar-refractivity contribution in [3.05, 3.63) is 27.0 Å². The van der Waals surface area contributed by atoms with E-state index >= 15 is 0 Å². The van der Waals surface area contributed by atoms with E-state index in [1.54, 1.807) is 0 Å². The van der Waals surface area contributed by atoms with Crippen LogP contribution in [0.15, 0.2) is 15.8 Å². The van der Waals surface area contributed by atoms with Crippen LogP contribution >= 0.6 is 0 Å². The van der Waals surface area contributed by atoms with Gasteiger partial charge in [0.2, 0.25) is 11.6 Å². The highest BCUT2D eigenvalue weighted by atomic mass is 19.2. The zero-order valence-electron chi connectivity index (χ0n) is 9.22. The maximum absolute atomic E-state index is 13.8. The molecule has 2 rings (SSSR count). The molecule has 0 bridgehead atoms. The normalized spacial score (nSPS) is 31.2. The fourth-order valence-corrected chi connectivity index (χ4v) is 1.79. The lowest BCUT2D eigenvalue weighted by molar-refractivity contribution is -0.206. The molecule has 0 unspecified atom stereocenters. The number of halogens is 1. The molecule has 0 radical (unpaired) electrons. The highest BCUT2D eigenvalue weighted by molar-refractivity contribution is 5.08. The zero-order chi connectivity index (χ0) is 13.4. The molecule has 2 N–H and O–H groups in total. The molecule has 2 heterocycles. The lowest BCUT2D eigenvalue weighted by atomic mass is 10.1. The summed E-state index contributed by atoms with van der Waals surface area (Å²) < 4.78 is 19.5. The van der Waals surface area contributed by atoms with E-state index in [0.717, 1.165) is 6.20 Å². The van der Waals surface area contributed by atoms with Crippen molar-refractivity contribution in [3.8, 4) is 12.3 Å². The van der Waals surface area contributed by atoms with Gasteiger partial charge in [0, 0.05) is 12.8 Å². The summed E-state index contributed by atoms with van der Waals surface area (Å²) in [6.45, 7) is -0.880. The average molecular weight is 255 g/mol. The number of aromatic amines is 1. The lowest BCUT2D eigenvalue weighted by Crippen LogP contribution is -2.46. The van der Waals surface area contributed by atoms with Crippen LogP contribution in [0.5, 0.6) is 0 Å². The van der Waals surface area contributed by atoms with Crippen LogP contribution in [0.2, 0.25) is 0 Å². The molecule has 1 aliphatic heterocycles. The Labute approximate surface area is 100 Å². The van der Waals surface area contributed by atoms with Gasteiger partial charge in [0.05, 0.1) is 0 Å². The van der Waals surface area contributed by atoms with Crippen LogP contribution in [0.1, 0.15) is 12.8 Å². The monoisotopic (exact) mass is 255 g/mol. The van der Waals surface area contributed by atoms with Crippen molar-refractivity contribution in [1.82, 2.24) is 14.8 Å². The van der Waals surface area contributed by atoms with Crippen LogP contribution in [0.4, 0.5) is 4.39 Å². The van der Waals surface area contributed by atoms with Gasteiger partial charge in [-0.25, -0.2) is 9.18 Å². The van der Waals surface area contributed by atoms with E-state index in [9.17, 15) is 14.0 Å². The molecule has 18 heavy (non-hydrogen) atoms. The quantitative estimate of drug-likeness (QED) is 0.639. The second kappa shape index (κ2) is 4.04. The summed E-state index contributed by atoms with van der Waals surface area (Å²) in [5.41, 5.74) is -3.34. The van der Waals surface area contributed by atoms with Gasteiger partial charge in [-0.05, 0) is 5.92 Å². The summed E-state index contributed by atoms with van der Waals surface area (Å²) in [6, 6.07) is 0. The van der Waals surface area contributed by atoms with Crippen LogP contribution < -0.4 is 11.2 Å². The summed E-state index contributed by atoms with van der Waals surface area (Å²) >= 11 is 0. The predicted molar refractivity (Wildman–Crippen MR) is 57.2 cm³/mol. The van der Waals surface area contributed by atoms with Crippen LogP contribution in [0.3, 0.4) is 0 Å². The number of nitrogens with one attached hydrogen (secondary N) is 1. The zero-order valence-corrected chi connectivity index (χ0v) is 9.22. The largest absolute Gasteiger partial charge is 0.390 e. The van der Waals surface area contributed by atoms with Gasteiger partial charge < -0.3 is 9.84 Å². The topological polar surface area (TPSA) is 97.2 Å². The van der Waals surface area contributed by atoms with Gasteiger partial charge >= 0.3 is 5.69 Å². The molecule has 1 aromatic heterocycles. The van der Waals surface area contributed by atoms with Crippen LogP contribution in [-0.2, 0) is 10.5 Å². The minimum Gasteiger partial charge on any atom is -0.390 e. The molecule has 0 spiro atoms. The number of H-pyrrole nitrogens is 1. The SMILES string of the molecule is C#C[C@]1(n2ncc(=O)[nH]c2=O)CC[C@@](F)(CO)O1. The number of hydrogen-bond donors (Lipinski definition) is 2. The fraction of sp³-hybridized carbons (Fsp3) is 0.500. The molecular weight excluding hydrogens is 245 g/mol. The van der Waals surface area contributed by atoms with E-state index in [1.807, 2.05) is 4.98 Å². The van der Waals surface area contributed by atoms with E-state index in [1.165, 1.54) is 0 Å². The minimum absolute atomic E-state index is 0.0422. The lowest BCUT2D eigenvalue weighted by Gasteiger charge is -2.25. The predicted octanol–water partition coefficient (Wildman–Crippen LogP) is -1.31. The Morgan fingerprint density at radius 2 is 2.39 bits per heavy atom. The Hall–Kier alpha value is -1.98. The molecule has 1 fully saturated rings. The van der Waals surface area contributed by atoms with E-state index < -0.39 is 29.4 Å². The Morgan fingerprint density at radius 3 is 2.89 bits per heavy atom. The highest BCUT2D eigenvalue weighted by Gasteiger charge is 2.51. The Balaban J connectivity index is 2.51. The number of nitrogens with zero attached hydrogens (tertiary/aromatic N) is 2. The third-order valence-corrected chi connectivity index (χ3v) is 2.71. The molecule has 0 aliphatic carbocycles. The van der Waals surface area contributed by atoms with Crippen molar-refractivity contribution in [3.63, 3.8) is 0 Å². The Bertz CT molecular complexity index is 619. The molecule has 1 aliphatic rings. The number of ether oxygens (including phenoxy) is 1. The second-order valence-corrected chi connectivity index (χ2v) is 3.92. The Morgan fingerprint density at radius 1 is 1.67 bits per heavy atom. The average Bonchev–Trinajstić information content (AvgIpc) is 2.69. The number of alkyl halides is 1. The van der Waals surface area contributed by atoms with Crippen molar-refractivity contribution in [2.24, 2.45) is 0 Å². The van der Waals surface area contributed by atoms with Gasteiger partial charge in [0.1, 0.15) is 12.8 Å². The first-order valence-electron chi connectivity index (χ1n) is 5.12. The summed E-state index contributed by atoms with van der Waals surface area (Å²) in [6.07, 6.45) is 5.88. The first-order chi connectivity index (χ1) is 8.45. The maximum Gasteiger partial charge on any atom is 0.348 e. The van der Waals surface area contributed by atoms with Gasteiger partial charge in [0.25, 0.3) is 5.56 Å². The standard InChI is InChI=1S/C10H10FN3O4/c1-2-10(4-3-9(11,6-15)18-10)14-8(17)13-7(16)5-12-14/h1,5,15H,3-4,6H2,(H,13,16,17)/t9-,10+/m0/s1. The smallest absolute Gasteiger partial charge is 0.348 e. The van der Waals surface area contributed by atoms with Crippen molar-refractivity contribution in [2.45, 2.75) is 24.4 Å². The number of hydrogen-bond acceptors (Lipinski definition) is 5. The molecule has 0 aromatic carbocycles. The summed E-state index contributed by atoms with van der Waals surface area (Å²) in [5.74, 6) is -0.167. The number of terminal acetylenes is 1. The van der Waals surface area contributed by atoms with Crippen molar-refractivity contribution >= 4 is 0 Å². The molecule has 0 amide bonds. The third-order valence-electron chi connectivity index (χ3n) is 2.71. The van der Waals surface area contributed by atoms with Gasteiger partial charge in [-0.2, -0.15) is 9.78 Å². The second-order valence-electron chi connectivity index (χ2n) is 3.92. The summed E-state index contributed by atoms with van der Waals surface area (Å²) in [7, 11) is 0. The van der Waals surface area contributed by atoms with Crippen LogP contribution in [-0.4, -0.2) is 32.3 Å². The Kier molecular flexibility index (Phi) is 2.80. The van der Waals surface area contributed by atoms with Gasteiger partial charge in [-0.15, -0.1) is 6.42 Å². The molecule has 96 valence electrons. The molecule has 0 saturated carbocycles.